The van der Waals surface area contributed by atoms with E-state index in [1.54, 1.807) is 29.3 Å². The molecule has 6 rings (SSSR count). The molecule has 0 spiro atoms. The van der Waals surface area contributed by atoms with Crippen LogP contribution in [-0.4, -0.2) is 55.0 Å². The Morgan fingerprint density at radius 1 is 1.19 bits per heavy atom. The number of carbonyl (C=O) groups excluding carboxylic acids is 1. The van der Waals surface area contributed by atoms with Crippen molar-refractivity contribution in [2.45, 2.75) is 25.3 Å². The van der Waals surface area contributed by atoms with Gasteiger partial charge in [-0.3, -0.25) is 4.79 Å². The molecule has 1 aliphatic heterocycles. The number of fused-ring (bicyclic) bond motifs is 3. The molecular formula is C25H26N8O3. The summed E-state index contributed by atoms with van der Waals surface area (Å²) in [6.07, 6.45) is 5.21. The summed E-state index contributed by atoms with van der Waals surface area (Å²) in [4.78, 5) is 23.1. The fraction of sp³-hybridized carbons (Fsp3) is 0.320. The zero-order valence-corrected chi connectivity index (χ0v) is 19.8. The average Bonchev–Trinajstić information content (AvgIpc) is 3.67. The SMILES string of the molecule is CC(C(=O)NCC1CCCOC1)(c1ccccc1)n1ncc2c1nc(N)n1nc(-c3ccco3)nc21. The Kier molecular flexibility index (Phi) is 5.41. The molecule has 0 bridgehead atoms. The Morgan fingerprint density at radius 3 is 2.81 bits per heavy atom. The molecule has 5 aromatic rings. The monoisotopic (exact) mass is 486 g/mol. The summed E-state index contributed by atoms with van der Waals surface area (Å²) in [6.45, 7) is 3.78. The number of carbonyl (C=O) groups is 1. The molecule has 11 heteroatoms. The number of aromatic nitrogens is 6. The lowest BCUT2D eigenvalue weighted by molar-refractivity contribution is -0.128. The number of amides is 1. The highest BCUT2D eigenvalue weighted by Gasteiger charge is 2.40. The van der Waals surface area contributed by atoms with Crippen molar-refractivity contribution >= 4 is 28.5 Å². The molecule has 1 aliphatic rings. The lowest BCUT2D eigenvalue weighted by Crippen LogP contribution is -2.49. The number of hydrogen-bond donors (Lipinski definition) is 2. The molecule has 0 aliphatic carbocycles. The van der Waals surface area contributed by atoms with Crippen LogP contribution in [0.3, 0.4) is 0 Å². The van der Waals surface area contributed by atoms with E-state index in [0.717, 1.165) is 25.0 Å². The molecule has 0 radical (unpaired) electrons. The number of hydrogen-bond acceptors (Lipinski definition) is 8. The van der Waals surface area contributed by atoms with Crippen molar-refractivity contribution in [3.05, 3.63) is 60.5 Å². The number of nitrogens with zero attached hydrogens (tertiary/aromatic N) is 6. The summed E-state index contributed by atoms with van der Waals surface area (Å²) in [5.74, 6) is 1.11. The van der Waals surface area contributed by atoms with Gasteiger partial charge in [0.25, 0.3) is 5.91 Å². The summed E-state index contributed by atoms with van der Waals surface area (Å²) in [5.41, 5.74) is 6.78. The van der Waals surface area contributed by atoms with Crippen LogP contribution in [0.15, 0.2) is 59.3 Å². The van der Waals surface area contributed by atoms with E-state index in [-0.39, 0.29) is 17.8 Å². The molecule has 5 heterocycles. The predicted octanol–water partition coefficient (Wildman–Crippen LogP) is 2.62. The molecule has 184 valence electrons. The van der Waals surface area contributed by atoms with Crippen molar-refractivity contribution in [2.24, 2.45) is 5.92 Å². The van der Waals surface area contributed by atoms with Gasteiger partial charge in [0, 0.05) is 13.2 Å². The maximum absolute atomic E-state index is 13.8. The van der Waals surface area contributed by atoms with Crippen molar-refractivity contribution in [1.29, 1.82) is 0 Å². The smallest absolute Gasteiger partial charge is 0.252 e. The first kappa shape index (κ1) is 22.2. The minimum atomic E-state index is -1.19. The van der Waals surface area contributed by atoms with E-state index in [1.807, 2.05) is 37.3 Å². The molecule has 2 atom stereocenters. The predicted molar refractivity (Wildman–Crippen MR) is 132 cm³/mol. The summed E-state index contributed by atoms with van der Waals surface area (Å²) in [6, 6.07) is 13.1. The number of benzene rings is 1. The normalized spacial score (nSPS) is 17.9. The quantitative estimate of drug-likeness (QED) is 0.373. The minimum absolute atomic E-state index is 0.125. The first-order valence-corrected chi connectivity index (χ1v) is 11.9. The second-order valence-corrected chi connectivity index (χ2v) is 9.14. The van der Waals surface area contributed by atoms with Gasteiger partial charge in [-0.15, -0.1) is 5.10 Å². The van der Waals surface area contributed by atoms with Gasteiger partial charge in [0.2, 0.25) is 11.8 Å². The first-order chi connectivity index (χ1) is 17.6. The van der Waals surface area contributed by atoms with Crippen LogP contribution in [0.5, 0.6) is 0 Å². The maximum atomic E-state index is 13.8. The first-order valence-electron chi connectivity index (χ1n) is 11.9. The van der Waals surface area contributed by atoms with Gasteiger partial charge in [-0.1, -0.05) is 30.3 Å². The van der Waals surface area contributed by atoms with Crippen molar-refractivity contribution in [3.63, 3.8) is 0 Å². The minimum Gasteiger partial charge on any atom is -0.461 e. The third-order valence-electron chi connectivity index (χ3n) is 6.78. The van der Waals surface area contributed by atoms with Crippen molar-refractivity contribution in [2.75, 3.05) is 25.5 Å². The van der Waals surface area contributed by atoms with E-state index in [0.29, 0.717) is 41.4 Å². The third-order valence-corrected chi connectivity index (χ3v) is 6.78. The van der Waals surface area contributed by atoms with Gasteiger partial charge in [0.1, 0.15) is 0 Å². The highest BCUT2D eigenvalue weighted by molar-refractivity contribution is 5.94. The Morgan fingerprint density at radius 2 is 2.06 bits per heavy atom. The number of furan rings is 1. The molecule has 1 amide bonds. The maximum Gasteiger partial charge on any atom is 0.252 e. The largest absolute Gasteiger partial charge is 0.461 e. The Labute approximate surface area is 206 Å². The average molecular weight is 487 g/mol. The van der Waals surface area contributed by atoms with Crippen LogP contribution in [0.2, 0.25) is 0 Å². The van der Waals surface area contributed by atoms with E-state index in [2.05, 4.69) is 25.5 Å². The van der Waals surface area contributed by atoms with Crippen molar-refractivity contribution in [3.8, 4) is 11.6 Å². The summed E-state index contributed by atoms with van der Waals surface area (Å²) in [5, 5.41) is 12.8. The van der Waals surface area contributed by atoms with Gasteiger partial charge in [0.15, 0.2) is 22.6 Å². The zero-order chi connectivity index (χ0) is 24.7. The van der Waals surface area contributed by atoms with Crippen LogP contribution in [0.1, 0.15) is 25.3 Å². The fourth-order valence-electron chi connectivity index (χ4n) is 4.74. The topological polar surface area (TPSA) is 138 Å². The molecular weight excluding hydrogens is 460 g/mol. The van der Waals surface area contributed by atoms with Gasteiger partial charge in [0.05, 0.1) is 24.5 Å². The van der Waals surface area contributed by atoms with Gasteiger partial charge in [-0.2, -0.15) is 14.6 Å². The van der Waals surface area contributed by atoms with Gasteiger partial charge >= 0.3 is 0 Å². The zero-order valence-electron chi connectivity index (χ0n) is 19.8. The molecule has 1 saturated heterocycles. The highest BCUT2D eigenvalue weighted by atomic mass is 16.5. The van der Waals surface area contributed by atoms with Gasteiger partial charge in [-0.25, -0.2) is 9.67 Å². The summed E-state index contributed by atoms with van der Waals surface area (Å²) < 4.78 is 14.1. The fourth-order valence-corrected chi connectivity index (χ4v) is 4.74. The standard InChI is InChI=1S/C25H26N8O3/c1-25(17-8-3-2-4-9-17,23(34)27-13-16-7-5-11-35-15-16)33-22-18(14-28-33)21-29-20(19-10-6-12-36-19)31-32(21)24(26)30-22/h2-4,6,8-10,12,14,16H,5,7,11,13,15H2,1H3,(H2,26,30)(H,27,34). The number of rotatable bonds is 6. The van der Waals surface area contributed by atoms with E-state index < -0.39 is 5.54 Å². The summed E-state index contributed by atoms with van der Waals surface area (Å²) in [7, 11) is 0. The van der Waals surface area contributed by atoms with Crippen molar-refractivity contribution in [1.82, 2.24) is 34.7 Å². The third kappa shape index (κ3) is 3.59. The number of nitrogen functional groups attached to an aromatic ring is 1. The molecule has 1 aromatic carbocycles. The van der Waals surface area contributed by atoms with Crippen LogP contribution in [0.25, 0.3) is 28.3 Å². The summed E-state index contributed by atoms with van der Waals surface area (Å²) >= 11 is 0. The number of nitrogens with one attached hydrogen (secondary N) is 1. The van der Waals surface area contributed by atoms with Crippen LogP contribution in [-0.2, 0) is 15.1 Å². The molecule has 2 unspecified atom stereocenters. The lowest BCUT2D eigenvalue weighted by Gasteiger charge is -2.31. The molecule has 36 heavy (non-hydrogen) atoms. The second kappa shape index (κ2) is 8.76. The number of anilines is 1. The van der Waals surface area contributed by atoms with Crippen LogP contribution in [0.4, 0.5) is 5.95 Å². The molecule has 0 saturated carbocycles. The van der Waals surface area contributed by atoms with Crippen LogP contribution >= 0.6 is 0 Å². The Hall–Kier alpha value is -4.25. The van der Waals surface area contributed by atoms with E-state index in [1.165, 1.54) is 4.52 Å². The van der Waals surface area contributed by atoms with Crippen LogP contribution < -0.4 is 11.1 Å². The molecule has 4 aromatic heterocycles. The number of nitrogens with two attached hydrogens (primary N) is 1. The molecule has 11 nitrogen and oxygen atoms in total. The van der Waals surface area contributed by atoms with E-state index >= 15 is 0 Å². The highest BCUT2D eigenvalue weighted by Crippen LogP contribution is 2.31. The Bertz CT molecular complexity index is 1520. The van der Waals surface area contributed by atoms with E-state index in [4.69, 9.17) is 14.9 Å². The van der Waals surface area contributed by atoms with Crippen LogP contribution in [0, 0.1) is 5.92 Å². The lowest BCUT2D eigenvalue weighted by atomic mass is 9.90. The second-order valence-electron chi connectivity index (χ2n) is 9.14. The molecule has 1 fully saturated rings. The number of ether oxygens (including phenoxy) is 1. The Balaban J connectivity index is 1.46. The van der Waals surface area contributed by atoms with E-state index in [9.17, 15) is 4.79 Å². The van der Waals surface area contributed by atoms with Gasteiger partial charge < -0.3 is 20.2 Å². The van der Waals surface area contributed by atoms with Gasteiger partial charge in [-0.05, 0) is 43.4 Å². The molecule has 3 N–H and O–H groups in total. The van der Waals surface area contributed by atoms with Crippen molar-refractivity contribution < 1.29 is 13.9 Å².